The van der Waals surface area contributed by atoms with E-state index in [1.165, 1.54) is 5.56 Å². The molecule has 0 heterocycles. The van der Waals surface area contributed by atoms with Gasteiger partial charge < -0.3 is 10.8 Å². The lowest BCUT2D eigenvalue weighted by Gasteiger charge is -2.19. The van der Waals surface area contributed by atoms with Crippen molar-refractivity contribution in [2.75, 3.05) is 5.73 Å². The largest absolute Gasteiger partial charge is 0.506 e. The van der Waals surface area contributed by atoms with Crippen molar-refractivity contribution in [2.24, 2.45) is 0 Å². The first kappa shape index (κ1) is 12.5. The van der Waals surface area contributed by atoms with Crippen LogP contribution >= 0.6 is 0 Å². The van der Waals surface area contributed by atoms with Gasteiger partial charge in [-0.15, -0.1) is 0 Å². The summed E-state index contributed by atoms with van der Waals surface area (Å²) in [4.78, 5) is 0. The third-order valence-corrected chi connectivity index (χ3v) is 3.11. The average molecular weight is 241 g/mol. The van der Waals surface area contributed by atoms with Crippen LogP contribution in [-0.2, 0) is 5.41 Å². The van der Waals surface area contributed by atoms with E-state index in [-0.39, 0.29) is 11.2 Å². The van der Waals surface area contributed by atoms with E-state index in [9.17, 15) is 5.11 Å². The highest BCUT2D eigenvalue weighted by molar-refractivity contribution is 5.69. The molecule has 0 unspecified atom stereocenters. The van der Waals surface area contributed by atoms with E-state index < -0.39 is 0 Å². The first-order valence-corrected chi connectivity index (χ1v) is 6.07. The third-order valence-electron chi connectivity index (χ3n) is 3.11. The van der Waals surface area contributed by atoms with Crippen LogP contribution in [0.1, 0.15) is 26.3 Å². The lowest BCUT2D eigenvalue weighted by atomic mass is 9.86. The molecule has 0 saturated heterocycles. The molecular weight excluding hydrogens is 222 g/mol. The number of nitrogen functional groups attached to an aromatic ring is 1. The minimum Gasteiger partial charge on any atom is -0.506 e. The molecule has 2 nitrogen and oxygen atoms in total. The zero-order valence-electron chi connectivity index (χ0n) is 11.1. The van der Waals surface area contributed by atoms with Crippen molar-refractivity contribution in [1.29, 1.82) is 0 Å². The maximum Gasteiger partial charge on any atom is 0.139 e. The highest BCUT2D eigenvalue weighted by Gasteiger charge is 2.13. The van der Waals surface area contributed by atoms with Crippen molar-refractivity contribution in [3.63, 3.8) is 0 Å². The molecule has 2 aromatic rings. The first-order valence-electron chi connectivity index (χ1n) is 6.07. The molecule has 0 atom stereocenters. The normalized spacial score (nSPS) is 11.5. The lowest BCUT2D eigenvalue weighted by Crippen LogP contribution is -2.10. The minimum atomic E-state index is 0.132. The Kier molecular flexibility index (Phi) is 3.04. The molecular formula is C16H19NO. The van der Waals surface area contributed by atoms with E-state index >= 15 is 0 Å². The molecule has 2 aromatic carbocycles. The van der Waals surface area contributed by atoms with Gasteiger partial charge in [0.1, 0.15) is 5.75 Å². The Balaban J connectivity index is 2.37. The molecule has 2 rings (SSSR count). The number of anilines is 1. The van der Waals surface area contributed by atoms with Crippen molar-refractivity contribution in [1.82, 2.24) is 0 Å². The number of phenolic OH excluding ortho intramolecular Hbond substituents is 1. The monoisotopic (exact) mass is 241 g/mol. The third kappa shape index (κ3) is 2.48. The molecule has 0 radical (unpaired) electrons. The van der Waals surface area contributed by atoms with Gasteiger partial charge >= 0.3 is 0 Å². The molecule has 0 bridgehead atoms. The SMILES string of the molecule is CC(C)(C)c1ccc(-c2ccc(N)c(O)c2)cc1. The molecule has 0 aromatic heterocycles. The Labute approximate surface area is 108 Å². The summed E-state index contributed by atoms with van der Waals surface area (Å²) in [7, 11) is 0. The summed E-state index contributed by atoms with van der Waals surface area (Å²) >= 11 is 0. The predicted octanol–water partition coefficient (Wildman–Crippen LogP) is 3.94. The zero-order chi connectivity index (χ0) is 13.3. The molecule has 18 heavy (non-hydrogen) atoms. The van der Waals surface area contributed by atoms with Crippen molar-refractivity contribution in [3.8, 4) is 16.9 Å². The Bertz CT molecular complexity index is 550. The topological polar surface area (TPSA) is 46.2 Å². The molecule has 0 spiro atoms. The van der Waals surface area contributed by atoms with Gasteiger partial charge in [0.2, 0.25) is 0 Å². The number of hydrogen-bond donors (Lipinski definition) is 2. The quantitative estimate of drug-likeness (QED) is 0.587. The van der Waals surface area contributed by atoms with Crippen LogP contribution in [0.15, 0.2) is 42.5 Å². The molecule has 0 aliphatic heterocycles. The number of phenols is 1. The van der Waals surface area contributed by atoms with E-state index in [0.717, 1.165) is 11.1 Å². The van der Waals surface area contributed by atoms with Crippen LogP contribution in [-0.4, -0.2) is 5.11 Å². The van der Waals surface area contributed by atoms with Gasteiger partial charge in [0.05, 0.1) is 5.69 Å². The number of rotatable bonds is 1. The Hall–Kier alpha value is -1.96. The molecule has 0 amide bonds. The van der Waals surface area contributed by atoms with Gasteiger partial charge in [-0.1, -0.05) is 51.1 Å². The van der Waals surface area contributed by atoms with Gasteiger partial charge in [0.25, 0.3) is 0 Å². The molecule has 0 fully saturated rings. The summed E-state index contributed by atoms with van der Waals surface area (Å²) in [6, 6.07) is 13.7. The van der Waals surface area contributed by atoms with Crippen LogP contribution < -0.4 is 5.73 Å². The fourth-order valence-electron chi connectivity index (χ4n) is 1.89. The van der Waals surface area contributed by atoms with Gasteiger partial charge in [-0.2, -0.15) is 0 Å². The van der Waals surface area contributed by atoms with Gasteiger partial charge in [-0.3, -0.25) is 0 Å². The van der Waals surface area contributed by atoms with Crippen LogP contribution in [0.5, 0.6) is 5.75 Å². The fraction of sp³-hybridized carbons (Fsp3) is 0.250. The molecule has 0 saturated carbocycles. The van der Waals surface area contributed by atoms with E-state index in [1.54, 1.807) is 12.1 Å². The van der Waals surface area contributed by atoms with Gasteiger partial charge in [0, 0.05) is 0 Å². The molecule has 0 aliphatic rings. The summed E-state index contributed by atoms with van der Waals surface area (Å²) in [6.45, 7) is 6.57. The van der Waals surface area contributed by atoms with Gasteiger partial charge in [-0.05, 0) is 34.2 Å². The minimum absolute atomic E-state index is 0.132. The predicted molar refractivity (Wildman–Crippen MR) is 76.7 cm³/mol. The van der Waals surface area contributed by atoms with Crippen LogP contribution in [0.3, 0.4) is 0 Å². The van der Waals surface area contributed by atoms with E-state index in [2.05, 4.69) is 45.0 Å². The van der Waals surface area contributed by atoms with Crippen molar-refractivity contribution < 1.29 is 5.11 Å². The van der Waals surface area contributed by atoms with Gasteiger partial charge in [-0.25, -0.2) is 0 Å². The Morgan fingerprint density at radius 3 is 1.94 bits per heavy atom. The summed E-state index contributed by atoms with van der Waals surface area (Å²) in [5.41, 5.74) is 9.51. The van der Waals surface area contributed by atoms with E-state index in [0.29, 0.717) is 5.69 Å². The van der Waals surface area contributed by atoms with Crippen LogP contribution in [0.25, 0.3) is 11.1 Å². The van der Waals surface area contributed by atoms with Crippen molar-refractivity contribution in [3.05, 3.63) is 48.0 Å². The van der Waals surface area contributed by atoms with Gasteiger partial charge in [0.15, 0.2) is 0 Å². The number of benzene rings is 2. The summed E-state index contributed by atoms with van der Waals surface area (Å²) in [6.07, 6.45) is 0. The maximum absolute atomic E-state index is 9.62. The highest BCUT2D eigenvalue weighted by Crippen LogP contribution is 2.30. The van der Waals surface area contributed by atoms with E-state index in [4.69, 9.17) is 5.73 Å². The molecule has 94 valence electrons. The first-order chi connectivity index (χ1) is 8.38. The van der Waals surface area contributed by atoms with Crippen LogP contribution in [0.2, 0.25) is 0 Å². The Morgan fingerprint density at radius 1 is 0.889 bits per heavy atom. The van der Waals surface area contributed by atoms with Crippen LogP contribution in [0.4, 0.5) is 5.69 Å². The number of aromatic hydroxyl groups is 1. The van der Waals surface area contributed by atoms with Crippen LogP contribution in [0, 0.1) is 0 Å². The standard InChI is InChI=1S/C16H19NO/c1-16(2,3)13-7-4-11(5-8-13)12-6-9-14(17)15(18)10-12/h4-10,18H,17H2,1-3H3. The van der Waals surface area contributed by atoms with Crippen molar-refractivity contribution in [2.45, 2.75) is 26.2 Å². The smallest absolute Gasteiger partial charge is 0.139 e. The average Bonchev–Trinajstić information content (AvgIpc) is 2.32. The molecule has 2 heteroatoms. The number of nitrogens with two attached hydrogens (primary N) is 1. The summed E-state index contributed by atoms with van der Waals surface area (Å²) in [5.74, 6) is 0.132. The lowest BCUT2D eigenvalue weighted by molar-refractivity contribution is 0.478. The molecule has 0 aliphatic carbocycles. The van der Waals surface area contributed by atoms with Crippen molar-refractivity contribution >= 4 is 5.69 Å². The second kappa shape index (κ2) is 4.37. The fourth-order valence-corrected chi connectivity index (χ4v) is 1.89. The highest BCUT2D eigenvalue weighted by atomic mass is 16.3. The molecule has 3 N–H and O–H groups in total. The summed E-state index contributed by atoms with van der Waals surface area (Å²) < 4.78 is 0. The Morgan fingerprint density at radius 2 is 1.44 bits per heavy atom. The second-order valence-electron chi connectivity index (χ2n) is 5.60. The van der Waals surface area contributed by atoms with E-state index in [1.807, 2.05) is 6.07 Å². The summed E-state index contributed by atoms with van der Waals surface area (Å²) in [5, 5.41) is 9.62. The zero-order valence-corrected chi connectivity index (χ0v) is 11.1. The number of hydrogen-bond acceptors (Lipinski definition) is 2. The maximum atomic E-state index is 9.62. The second-order valence-corrected chi connectivity index (χ2v) is 5.60.